The van der Waals surface area contributed by atoms with Gasteiger partial charge in [-0.25, -0.2) is 0 Å². The van der Waals surface area contributed by atoms with Gasteiger partial charge in [0.15, 0.2) is 5.78 Å². The van der Waals surface area contributed by atoms with E-state index in [1.807, 2.05) is 24.3 Å². The fourth-order valence-corrected chi connectivity index (χ4v) is 3.59. The Bertz CT molecular complexity index is 828. The molecule has 0 saturated carbocycles. The number of ether oxygens (including phenoxy) is 1. The lowest BCUT2D eigenvalue weighted by molar-refractivity contribution is 0.0795. The van der Waals surface area contributed by atoms with Crippen molar-refractivity contribution >= 4 is 11.7 Å². The van der Waals surface area contributed by atoms with Crippen LogP contribution in [0, 0.1) is 0 Å². The maximum absolute atomic E-state index is 12.6. The van der Waals surface area contributed by atoms with E-state index in [2.05, 4.69) is 10.2 Å². The second kappa shape index (κ2) is 7.30. The lowest BCUT2D eigenvalue weighted by Crippen LogP contribution is -2.47. The highest BCUT2D eigenvalue weighted by Gasteiger charge is 2.30. The molecule has 0 spiro atoms. The summed E-state index contributed by atoms with van der Waals surface area (Å²) in [6, 6.07) is 14.1. The number of benzene rings is 2. The molecule has 2 heterocycles. The van der Waals surface area contributed by atoms with Crippen molar-refractivity contribution in [3.8, 4) is 5.75 Å². The standard InChI is InChI=1S/C21H22N2O3/c24-20-17-8-1-2-9-19(17)26-14-18(20)22-21(25)16-7-5-6-15(12-16)13-23-10-3-4-11-23/h1-2,5-9,12,18H,3-4,10-11,13-14H2,(H,22,25). The van der Waals surface area contributed by atoms with Crippen molar-refractivity contribution in [3.63, 3.8) is 0 Å². The van der Waals surface area contributed by atoms with Gasteiger partial charge in [-0.3, -0.25) is 14.5 Å². The van der Waals surface area contributed by atoms with Gasteiger partial charge in [-0.05, 0) is 55.8 Å². The Morgan fingerprint density at radius 1 is 1.12 bits per heavy atom. The van der Waals surface area contributed by atoms with Gasteiger partial charge in [-0.2, -0.15) is 0 Å². The molecule has 5 nitrogen and oxygen atoms in total. The Balaban J connectivity index is 1.44. The van der Waals surface area contributed by atoms with Crippen LogP contribution in [0.3, 0.4) is 0 Å². The fraction of sp³-hybridized carbons (Fsp3) is 0.333. The summed E-state index contributed by atoms with van der Waals surface area (Å²) in [5.74, 6) is 0.235. The van der Waals surface area contributed by atoms with Crippen LogP contribution < -0.4 is 10.1 Å². The van der Waals surface area contributed by atoms with Crippen molar-refractivity contribution in [2.45, 2.75) is 25.4 Å². The number of amides is 1. The van der Waals surface area contributed by atoms with E-state index in [1.54, 1.807) is 24.3 Å². The van der Waals surface area contributed by atoms with Gasteiger partial charge in [0.25, 0.3) is 5.91 Å². The average Bonchev–Trinajstić information content (AvgIpc) is 3.17. The maximum atomic E-state index is 12.6. The van der Waals surface area contributed by atoms with Gasteiger partial charge in [-0.15, -0.1) is 0 Å². The molecule has 0 aliphatic carbocycles. The third-order valence-corrected chi connectivity index (χ3v) is 4.97. The molecule has 1 saturated heterocycles. The van der Waals surface area contributed by atoms with E-state index in [4.69, 9.17) is 4.74 Å². The lowest BCUT2D eigenvalue weighted by atomic mass is 10.0. The summed E-state index contributed by atoms with van der Waals surface area (Å²) in [4.78, 5) is 27.6. The van der Waals surface area contributed by atoms with Crippen molar-refractivity contribution < 1.29 is 14.3 Å². The minimum absolute atomic E-state index is 0.103. The summed E-state index contributed by atoms with van der Waals surface area (Å²) in [6.45, 7) is 3.25. The zero-order chi connectivity index (χ0) is 17.9. The molecule has 1 N–H and O–H groups in total. The lowest BCUT2D eigenvalue weighted by Gasteiger charge is -2.24. The number of likely N-dealkylation sites (tertiary alicyclic amines) is 1. The summed E-state index contributed by atoms with van der Waals surface area (Å²) in [5, 5.41) is 2.82. The van der Waals surface area contributed by atoms with Gasteiger partial charge >= 0.3 is 0 Å². The molecule has 2 aromatic carbocycles. The highest BCUT2D eigenvalue weighted by atomic mass is 16.5. The molecule has 1 atom stereocenters. The number of carbonyl (C=O) groups is 2. The molecule has 2 aromatic rings. The minimum Gasteiger partial charge on any atom is -0.490 e. The molecule has 0 aromatic heterocycles. The van der Waals surface area contributed by atoms with Crippen LogP contribution >= 0.6 is 0 Å². The third kappa shape index (κ3) is 3.48. The number of ketones is 1. The van der Waals surface area contributed by atoms with Crippen LogP contribution in [0.1, 0.15) is 39.1 Å². The molecule has 5 heteroatoms. The van der Waals surface area contributed by atoms with E-state index in [1.165, 1.54) is 12.8 Å². The zero-order valence-corrected chi connectivity index (χ0v) is 14.6. The smallest absolute Gasteiger partial charge is 0.251 e. The number of rotatable bonds is 4. The molecule has 4 rings (SSSR count). The monoisotopic (exact) mass is 350 g/mol. The second-order valence-corrected chi connectivity index (χ2v) is 6.88. The predicted octanol–water partition coefficient (Wildman–Crippen LogP) is 2.66. The van der Waals surface area contributed by atoms with Crippen molar-refractivity contribution in [1.82, 2.24) is 10.2 Å². The highest BCUT2D eigenvalue weighted by molar-refractivity contribution is 6.06. The molecule has 134 valence electrons. The van der Waals surface area contributed by atoms with Crippen LogP contribution in [0.25, 0.3) is 0 Å². The fourth-order valence-electron chi connectivity index (χ4n) is 3.59. The number of hydrogen-bond acceptors (Lipinski definition) is 4. The molecule has 1 unspecified atom stereocenters. The molecule has 2 aliphatic rings. The van der Waals surface area contributed by atoms with E-state index in [0.717, 1.165) is 25.2 Å². The van der Waals surface area contributed by atoms with Crippen LogP contribution in [-0.4, -0.2) is 42.3 Å². The van der Waals surface area contributed by atoms with E-state index < -0.39 is 6.04 Å². The van der Waals surface area contributed by atoms with E-state index >= 15 is 0 Å². The molecular weight excluding hydrogens is 328 g/mol. The first-order valence-corrected chi connectivity index (χ1v) is 9.09. The summed E-state index contributed by atoms with van der Waals surface area (Å²) >= 11 is 0. The normalized spacial score (nSPS) is 19.7. The number of Topliss-reactive ketones (excluding diaryl/α,β-unsaturated/α-hetero) is 1. The van der Waals surface area contributed by atoms with Crippen LogP contribution in [0.2, 0.25) is 0 Å². The van der Waals surface area contributed by atoms with Crippen LogP contribution in [0.5, 0.6) is 5.75 Å². The van der Waals surface area contributed by atoms with E-state index in [0.29, 0.717) is 16.9 Å². The van der Waals surface area contributed by atoms with Crippen molar-refractivity contribution in [2.75, 3.05) is 19.7 Å². The quantitative estimate of drug-likeness (QED) is 0.921. The van der Waals surface area contributed by atoms with Crippen molar-refractivity contribution in [2.24, 2.45) is 0 Å². The Morgan fingerprint density at radius 3 is 2.77 bits per heavy atom. The van der Waals surface area contributed by atoms with Gasteiger partial charge in [0.1, 0.15) is 18.4 Å². The third-order valence-electron chi connectivity index (χ3n) is 4.97. The Hall–Kier alpha value is -2.66. The van der Waals surface area contributed by atoms with Gasteiger partial charge in [0.05, 0.1) is 5.56 Å². The minimum atomic E-state index is -0.653. The number of fused-ring (bicyclic) bond motifs is 1. The molecule has 0 radical (unpaired) electrons. The molecular formula is C21H22N2O3. The summed E-state index contributed by atoms with van der Waals surface area (Å²) < 4.78 is 5.61. The predicted molar refractivity (Wildman–Crippen MR) is 98.5 cm³/mol. The van der Waals surface area contributed by atoms with E-state index in [9.17, 15) is 9.59 Å². The Kier molecular flexibility index (Phi) is 4.71. The largest absolute Gasteiger partial charge is 0.490 e. The average molecular weight is 350 g/mol. The molecule has 2 aliphatic heterocycles. The first-order valence-electron chi connectivity index (χ1n) is 9.09. The first kappa shape index (κ1) is 16.8. The highest BCUT2D eigenvalue weighted by Crippen LogP contribution is 2.24. The topological polar surface area (TPSA) is 58.6 Å². The summed E-state index contributed by atoms with van der Waals surface area (Å²) in [6.07, 6.45) is 2.48. The molecule has 1 amide bonds. The van der Waals surface area contributed by atoms with Gasteiger partial charge in [0.2, 0.25) is 0 Å². The van der Waals surface area contributed by atoms with E-state index in [-0.39, 0.29) is 18.3 Å². The maximum Gasteiger partial charge on any atom is 0.251 e. The number of para-hydroxylation sites is 1. The van der Waals surface area contributed by atoms with Crippen LogP contribution in [-0.2, 0) is 6.54 Å². The molecule has 26 heavy (non-hydrogen) atoms. The molecule has 0 bridgehead atoms. The van der Waals surface area contributed by atoms with Crippen molar-refractivity contribution in [3.05, 3.63) is 65.2 Å². The summed E-state index contributed by atoms with van der Waals surface area (Å²) in [7, 11) is 0. The van der Waals surface area contributed by atoms with Gasteiger partial charge in [-0.1, -0.05) is 24.3 Å². The Morgan fingerprint density at radius 2 is 1.92 bits per heavy atom. The Labute approximate surface area is 153 Å². The van der Waals surface area contributed by atoms with Crippen molar-refractivity contribution in [1.29, 1.82) is 0 Å². The van der Waals surface area contributed by atoms with Crippen LogP contribution in [0.4, 0.5) is 0 Å². The van der Waals surface area contributed by atoms with Gasteiger partial charge < -0.3 is 10.1 Å². The molecule has 1 fully saturated rings. The first-order chi connectivity index (χ1) is 12.7. The SMILES string of the molecule is O=C(NC1COc2ccccc2C1=O)c1cccc(CN2CCCC2)c1. The van der Waals surface area contributed by atoms with Crippen LogP contribution in [0.15, 0.2) is 48.5 Å². The number of hydrogen-bond donors (Lipinski definition) is 1. The number of carbonyl (C=O) groups excluding carboxylic acids is 2. The number of nitrogens with zero attached hydrogens (tertiary/aromatic N) is 1. The summed E-state index contributed by atoms with van der Waals surface area (Å²) in [5.41, 5.74) is 2.22. The number of nitrogens with one attached hydrogen (secondary N) is 1. The second-order valence-electron chi connectivity index (χ2n) is 6.88. The van der Waals surface area contributed by atoms with Gasteiger partial charge in [0, 0.05) is 12.1 Å². The zero-order valence-electron chi connectivity index (χ0n) is 14.6.